The van der Waals surface area contributed by atoms with Crippen LogP contribution in [0.25, 0.3) is 22.2 Å². The molecule has 0 fully saturated rings. The van der Waals surface area contributed by atoms with E-state index in [0.29, 0.717) is 28.7 Å². The van der Waals surface area contributed by atoms with Crippen LogP contribution >= 0.6 is 0 Å². The molecule has 0 radical (unpaired) electrons. The smallest absolute Gasteiger partial charge is 0.324 e. The number of benzene rings is 1. The van der Waals surface area contributed by atoms with Gasteiger partial charge in [-0.3, -0.25) is 19.4 Å². The standard InChI is InChI=1S/C25H30N8O2/c1-14-8-9-16(28-24(35)29-20-12-19(25(2,3)4)31-33(20)7)11-17(14)18-10-15-13-27-23(26-5)30-21(15)32(6)22(18)34/h8-13H,1-7H3,(H,26,27,30)(H2,28,29,35). The Balaban J connectivity index is 1.64. The molecule has 3 N–H and O–H groups in total. The van der Waals surface area contributed by atoms with Gasteiger partial charge in [0.05, 0.1) is 5.69 Å². The number of hydrogen-bond acceptors (Lipinski definition) is 6. The Morgan fingerprint density at radius 1 is 1.03 bits per heavy atom. The van der Waals surface area contributed by atoms with Crippen LogP contribution in [0.1, 0.15) is 32.0 Å². The first-order valence-corrected chi connectivity index (χ1v) is 11.3. The zero-order valence-electron chi connectivity index (χ0n) is 21.0. The molecule has 1 aromatic carbocycles. The number of rotatable bonds is 4. The number of aryl methyl sites for hydroxylation is 3. The van der Waals surface area contributed by atoms with Crippen LogP contribution in [-0.2, 0) is 19.5 Å². The van der Waals surface area contributed by atoms with E-state index in [1.165, 1.54) is 4.57 Å². The van der Waals surface area contributed by atoms with Gasteiger partial charge in [-0.05, 0) is 36.2 Å². The Hall–Kier alpha value is -4.21. The topological polar surface area (TPSA) is 119 Å². The second-order valence-corrected chi connectivity index (χ2v) is 9.54. The lowest BCUT2D eigenvalue weighted by Crippen LogP contribution is -2.22. The van der Waals surface area contributed by atoms with E-state index in [1.54, 1.807) is 50.2 Å². The van der Waals surface area contributed by atoms with Crippen LogP contribution in [0.2, 0.25) is 0 Å². The largest absolute Gasteiger partial charge is 0.357 e. The normalized spacial score (nSPS) is 11.5. The fourth-order valence-corrected chi connectivity index (χ4v) is 3.78. The third-order valence-corrected chi connectivity index (χ3v) is 5.85. The third-order valence-electron chi connectivity index (χ3n) is 5.85. The van der Waals surface area contributed by atoms with Gasteiger partial charge in [-0.15, -0.1) is 0 Å². The van der Waals surface area contributed by atoms with Crippen molar-refractivity contribution in [3.05, 3.63) is 58.1 Å². The first kappa shape index (κ1) is 23.9. The minimum absolute atomic E-state index is 0.133. The Morgan fingerprint density at radius 2 is 1.77 bits per heavy atom. The summed E-state index contributed by atoms with van der Waals surface area (Å²) in [7, 11) is 5.20. The second-order valence-electron chi connectivity index (χ2n) is 9.54. The molecule has 3 aromatic heterocycles. The maximum atomic E-state index is 13.2. The summed E-state index contributed by atoms with van der Waals surface area (Å²) in [6, 6.07) is 8.72. The zero-order chi connectivity index (χ0) is 25.5. The van der Waals surface area contributed by atoms with Crippen molar-refractivity contribution in [2.45, 2.75) is 33.1 Å². The number of nitrogens with one attached hydrogen (secondary N) is 3. The van der Waals surface area contributed by atoms with Crippen LogP contribution in [-0.4, -0.2) is 37.4 Å². The van der Waals surface area contributed by atoms with Gasteiger partial charge in [0.25, 0.3) is 5.56 Å². The highest BCUT2D eigenvalue weighted by molar-refractivity contribution is 5.99. The van der Waals surface area contributed by atoms with Gasteiger partial charge in [-0.1, -0.05) is 26.8 Å². The van der Waals surface area contributed by atoms with Gasteiger partial charge in [0.2, 0.25) is 5.95 Å². The Bertz CT molecular complexity index is 1490. The monoisotopic (exact) mass is 474 g/mol. The summed E-state index contributed by atoms with van der Waals surface area (Å²) >= 11 is 0. The fraction of sp³-hybridized carbons (Fsp3) is 0.320. The minimum Gasteiger partial charge on any atom is -0.357 e. The molecule has 0 atom stereocenters. The van der Waals surface area contributed by atoms with E-state index in [0.717, 1.165) is 22.2 Å². The molecule has 35 heavy (non-hydrogen) atoms. The molecule has 4 aromatic rings. The first-order chi connectivity index (χ1) is 16.5. The summed E-state index contributed by atoms with van der Waals surface area (Å²) in [4.78, 5) is 34.6. The lowest BCUT2D eigenvalue weighted by Gasteiger charge is -2.13. The summed E-state index contributed by atoms with van der Waals surface area (Å²) < 4.78 is 3.15. The number of amides is 2. The van der Waals surface area contributed by atoms with E-state index >= 15 is 0 Å². The molecule has 3 heterocycles. The van der Waals surface area contributed by atoms with E-state index in [2.05, 4.69) is 51.8 Å². The van der Waals surface area contributed by atoms with E-state index in [1.807, 2.05) is 19.1 Å². The van der Waals surface area contributed by atoms with Gasteiger partial charge < -0.3 is 10.6 Å². The predicted molar refractivity (Wildman–Crippen MR) is 139 cm³/mol. The van der Waals surface area contributed by atoms with E-state index in [-0.39, 0.29) is 11.0 Å². The molecule has 2 amide bonds. The molecule has 0 saturated heterocycles. The van der Waals surface area contributed by atoms with Gasteiger partial charge in [-0.2, -0.15) is 10.1 Å². The number of urea groups is 1. The summed E-state index contributed by atoms with van der Waals surface area (Å²) in [5.41, 5.74) is 3.79. The van der Waals surface area contributed by atoms with Gasteiger partial charge in [-0.25, -0.2) is 9.78 Å². The summed E-state index contributed by atoms with van der Waals surface area (Å²) in [6.45, 7) is 8.12. The highest BCUT2D eigenvalue weighted by atomic mass is 16.2. The number of carbonyl (C=O) groups is 1. The maximum absolute atomic E-state index is 13.2. The van der Waals surface area contributed by atoms with Crippen LogP contribution < -0.4 is 21.5 Å². The first-order valence-electron chi connectivity index (χ1n) is 11.3. The molecule has 0 aliphatic rings. The zero-order valence-corrected chi connectivity index (χ0v) is 21.0. The number of fused-ring (bicyclic) bond motifs is 1. The molecule has 0 bridgehead atoms. The van der Waals surface area contributed by atoms with Gasteiger partial charge in [0.1, 0.15) is 11.5 Å². The van der Waals surface area contributed by atoms with Gasteiger partial charge in [0, 0.05) is 55.5 Å². The highest BCUT2D eigenvalue weighted by Gasteiger charge is 2.20. The molecule has 4 rings (SSSR count). The molecule has 10 nitrogen and oxygen atoms in total. The van der Waals surface area contributed by atoms with Crippen molar-refractivity contribution in [2.75, 3.05) is 23.0 Å². The average Bonchev–Trinajstić information content (AvgIpc) is 3.18. The maximum Gasteiger partial charge on any atom is 0.324 e. The third kappa shape index (κ3) is 4.72. The van der Waals surface area contributed by atoms with Crippen LogP contribution in [0, 0.1) is 6.92 Å². The van der Waals surface area contributed by atoms with E-state index < -0.39 is 6.03 Å². The number of anilines is 3. The van der Waals surface area contributed by atoms with E-state index in [4.69, 9.17) is 0 Å². The van der Waals surface area contributed by atoms with Crippen molar-refractivity contribution in [1.29, 1.82) is 0 Å². The average molecular weight is 475 g/mol. The number of pyridine rings is 1. The molecular weight excluding hydrogens is 444 g/mol. The predicted octanol–water partition coefficient (Wildman–Crippen LogP) is 4.02. The lowest BCUT2D eigenvalue weighted by atomic mass is 9.92. The number of nitrogens with zero attached hydrogens (tertiary/aromatic N) is 5. The van der Waals surface area contributed by atoms with Gasteiger partial charge in [0.15, 0.2) is 0 Å². The molecular formula is C25H30N8O2. The van der Waals surface area contributed by atoms with Crippen LogP contribution in [0.5, 0.6) is 0 Å². The van der Waals surface area contributed by atoms with Crippen molar-refractivity contribution in [1.82, 2.24) is 24.3 Å². The molecule has 0 spiro atoms. The number of carbonyl (C=O) groups excluding carboxylic acids is 1. The number of hydrogen-bond donors (Lipinski definition) is 3. The summed E-state index contributed by atoms with van der Waals surface area (Å²) in [5, 5.41) is 13.8. The van der Waals surface area contributed by atoms with Crippen molar-refractivity contribution in [2.24, 2.45) is 14.1 Å². The Morgan fingerprint density at radius 3 is 2.43 bits per heavy atom. The lowest BCUT2D eigenvalue weighted by molar-refractivity contribution is 0.262. The molecule has 182 valence electrons. The Kier molecular flexibility index (Phi) is 6.06. The van der Waals surface area contributed by atoms with Crippen LogP contribution in [0.3, 0.4) is 0 Å². The van der Waals surface area contributed by atoms with Crippen molar-refractivity contribution >= 4 is 34.5 Å². The Labute approximate surface area is 203 Å². The van der Waals surface area contributed by atoms with Crippen LogP contribution in [0.4, 0.5) is 22.2 Å². The molecule has 10 heteroatoms. The summed E-state index contributed by atoms with van der Waals surface area (Å²) in [5.74, 6) is 1.03. The van der Waals surface area contributed by atoms with Crippen molar-refractivity contribution < 1.29 is 4.79 Å². The second kappa shape index (κ2) is 8.86. The molecule has 0 aliphatic carbocycles. The molecule has 0 saturated carbocycles. The minimum atomic E-state index is -0.400. The van der Waals surface area contributed by atoms with Gasteiger partial charge >= 0.3 is 6.03 Å². The van der Waals surface area contributed by atoms with Crippen LogP contribution in [0.15, 0.2) is 41.3 Å². The number of aromatic nitrogens is 5. The molecule has 0 aliphatic heterocycles. The van der Waals surface area contributed by atoms with E-state index in [9.17, 15) is 9.59 Å². The quantitative estimate of drug-likeness (QED) is 0.411. The van der Waals surface area contributed by atoms with Crippen molar-refractivity contribution in [3.8, 4) is 11.1 Å². The molecule has 0 unspecified atom stereocenters. The fourth-order valence-electron chi connectivity index (χ4n) is 3.78. The van der Waals surface area contributed by atoms with Crippen molar-refractivity contribution in [3.63, 3.8) is 0 Å². The highest BCUT2D eigenvalue weighted by Crippen LogP contribution is 2.27. The summed E-state index contributed by atoms with van der Waals surface area (Å²) in [6.07, 6.45) is 1.68. The SMILES string of the molecule is CNc1ncc2cc(-c3cc(NC(=O)Nc4cc(C(C)(C)C)nn4C)ccc3C)c(=O)n(C)c2n1.